The second-order valence-electron chi connectivity index (χ2n) is 6.35. The molecular weight excluding hydrogens is 346 g/mol. The van der Waals surface area contributed by atoms with Gasteiger partial charge in [-0.1, -0.05) is 37.3 Å². The standard InChI is InChI=1S/C21H25NO5/c1-4-17(20(24)26-3)22-19(23)18-14(2)13-16(27-21(18)25)12-8-11-15-9-6-5-7-10-15/h5-7,9-10,13,17H,4,8,11-12H2,1-3H3,(H,22,23). The van der Waals surface area contributed by atoms with Crippen LogP contribution in [0.25, 0.3) is 0 Å². The maximum Gasteiger partial charge on any atom is 0.349 e. The summed E-state index contributed by atoms with van der Waals surface area (Å²) >= 11 is 0. The molecule has 0 radical (unpaired) electrons. The number of carbonyl (C=O) groups excluding carboxylic acids is 2. The molecule has 0 aliphatic heterocycles. The van der Waals surface area contributed by atoms with E-state index in [-0.39, 0.29) is 5.56 Å². The largest absolute Gasteiger partial charge is 0.467 e. The van der Waals surface area contributed by atoms with Crippen molar-refractivity contribution in [1.82, 2.24) is 5.32 Å². The lowest BCUT2D eigenvalue weighted by molar-refractivity contribution is -0.142. The van der Waals surface area contributed by atoms with Crippen molar-refractivity contribution in [3.63, 3.8) is 0 Å². The van der Waals surface area contributed by atoms with Crippen LogP contribution in [0.5, 0.6) is 0 Å². The zero-order valence-corrected chi connectivity index (χ0v) is 15.9. The maximum atomic E-state index is 12.4. The molecule has 0 saturated carbocycles. The summed E-state index contributed by atoms with van der Waals surface area (Å²) in [6.45, 7) is 3.43. The van der Waals surface area contributed by atoms with Gasteiger partial charge in [0.15, 0.2) is 0 Å². The number of carbonyl (C=O) groups is 2. The fraction of sp³-hybridized carbons (Fsp3) is 0.381. The molecule has 0 spiro atoms. The van der Waals surface area contributed by atoms with E-state index >= 15 is 0 Å². The molecular formula is C21H25NO5. The summed E-state index contributed by atoms with van der Waals surface area (Å²) < 4.78 is 9.96. The Hall–Kier alpha value is -2.89. The highest BCUT2D eigenvalue weighted by atomic mass is 16.5. The van der Waals surface area contributed by atoms with Gasteiger partial charge >= 0.3 is 11.6 Å². The Kier molecular flexibility index (Phi) is 7.34. The predicted octanol–water partition coefficient (Wildman–Crippen LogP) is 2.80. The highest BCUT2D eigenvalue weighted by Gasteiger charge is 2.23. The molecule has 144 valence electrons. The van der Waals surface area contributed by atoms with Gasteiger partial charge in [-0.15, -0.1) is 0 Å². The van der Waals surface area contributed by atoms with Gasteiger partial charge < -0.3 is 14.5 Å². The van der Waals surface area contributed by atoms with Crippen molar-refractivity contribution < 1.29 is 18.7 Å². The third-order valence-corrected chi connectivity index (χ3v) is 4.36. The van der Waals surface area contributed by atoms with Crippen molar-refractivity contribution in [2.24, 2.45) is 0 Å². The van der Waals surface area contributed by atoms with Crippen molar-refractivity contribution in [1.29, 1.82) is 0 Å². The van der Waals surface area contributed by atoms with Crippen LogP contribution in [0, 0.1) is 6.92 Å². The molecule has 0 fully saturated rings. The number of methoxy groups -OCH3 is 1. The molecule has 1 heterocycles. The summed E-state index contributed by atoms with van der Waals surface area (Å²) in [4.78, 5) is 36.3. The molecule has 0 saturated heterocycles. The van der Waals surface area contributed by atoms with E-state index in [4.69, 9.17) is 4.42 Å². The third-order valence-electron chi connectivity index (χ3n) is 4.36. The van der Waals surface area contributed by atoms with Crippen LogP contribution < -0.4 is 10.9 Å². The molecule has 0 aliphatic rings. The van der Waals surface area contributed by atoms with Crippen molar-refractivity contribution in [2.45, 2.75) is 45.6 Å². The van der Waals surface area contributed by atoms with Crippen LogP contribution in [-0.4, -0.2) is 25.0 Å². The van der Waals surface area contributed by atoms with E-state index in [0.29, 0.717) is 24.2 Å². The number of amides is 1. The van der Waals surface area contributed by atoms with Crippen molar-refractivity contribution in [3.05, 3.63) is 69.3 Å². The Balaban J connectivity index is 2.06. The first kappa shape index (κ1) is 20.4. The highest BCUT2D eigenvalue weighted by Crippen LogP contribution is 2.11. The van der Waals surface area contributed by atoms with Gasteiger partial charge in [0.05, 0.1) is 7.11 Å². The molecule has 6 heteroatoms. The first-order valence-electron chi connectivity index (χ1n) is 9.02. The van der Waals surface area contributed by atoms with E-state index in [1.165, 1.54) is 12.7 Å². The fourth-order valence-electron chi connectivity index (χ4n) is 2.88. The zero-order chi connectivity index (χ0) is 19.8. The molecule has 27 heavy (non-hydrogen) atoms. The van der Waals surface area contributed by atoms with Crippen molar-refractivity contribution >= 4 is 11.9 Å². The minimum absolute atomic E-state index is 0.0795. The number of hydrogen-bond acceptors (Lipinski definition) is 5. The Morgan fingerprint density at radius 1 is 1.19 bits per heavy atom. The quantitative estimate of drug-likeness (QED) is 0.721. The molecule has 2 aromatic rings. The number of nitrogens with one attached hydrogen (secondary N) is 1. The summed E-state index contributed by atoms with van der Waals surface area (Å²) in [5.41, 5.74) is 0.977. The Morgan fingerprint density at radius 3 is 2.48 bits per heavy atom. The second kappa shape index (κ2) is 9.71. The average molecular weight is 371 g/mol. The molecule has 2 rings (SSSR count). The normalized spacial score (nSPS) is 11.7. The van der Waals surface area contributed by atoms with Crippen LogP contribution in [0.1, 0.15) is 47.0 Å². The summed E-state index contributed by atoms with van der Waals surface area (Å²) in [7, 11) is 1.25. The van der Waals surface area contributed by atoms with Crippen LogP contribution in [0.3, 0.4) is 0 Å². The van der Waals surface area contributed by atoms with Gasteiger partial charge in [-0.2, -0.15) is 0 Å². The number of rotatable bonds is 8. The molecule has 1 atom stereocenters. The molecule has 1 amide bonds. The number of benzene rings is 1. The summed E-state index contributed by atoms with van der Waals surface area (Å²) in [6, 6.07) is 11.0. The summed E-state index contributed by atoms with van der Waals surface area (Å²) in [5.74, 6) is -0.634. The zero-order valence-electron chi connectivity index (χ0n) is 15.9. The van der Waals surface area contributed by atoms with E-state index in [1.54, 1.807) is 19.9 Å². The minimum atomic E-state index is -0.799. The molecule has 1 N–H and O–H groups in total. The predicted molar refractivity (Wildman–Crippen MR) is 102 cm³/mol. The Labute approximate surface area is 158 Å². The van der Waals surface area contributed by atoms with E-state index < -0.39 is 23.5 Å². The number of aryl methyl sites for hydroxylation is 3. The van der Waals surface area contributed by atoms with Crippen LogP contribution in [-0.2, 0) is 22.4 Å². The van der Waals surface area contributed by atoms with E-state index in [9.17, 15) is 14.4 Å². The molecule has 1 aromatic carbocycles. The monoisotopic (exact) mass is 371 g/mol. The lowest BCUT2D eigenvalue weighted by Crippen LogP contribution is -2.42. The molecule has 0 aliphatic carbocycles. The van der Waals surface area contributed by atoms with Gasteiger partial charge in [-0.3, -0.25) is 4.79 Å². The van der Waals surface area contributed by atoms with E-state index in [1.807, 2.05) is 18.2 Å². The maximum absolute atomic E-state index is 12.4. The molecule has 1 unspecified atom stereocenters. The molecule has 0 bridgehead atoms. The number of esters is 1. The minimum Gasteiger partial charge on any atom is -0.467 e. The molecule has 6 nitrogen and oxygen atoms in total. The van der Waals surface area contributed by atoms with Gasteiger partial charge in [0.1, 0.15) is 17.4 Å². The second-order valence-corrected chi connectivity index (χ2v) is 6.35. The number of hydrogen-bond donors (Lipinski definition) is 1. The fourth-order valence-corrected chi connectivity index (χ4v) is 2.88. The first-order valence-corrected chi connectivity index (χ1v) is 9.02. The lowest BCUT2D eigenvalue weighted by Gasteiger charge is -2.15. The van der Waals surface area contributed by atoms with Gasteiger partial charge in [-0.05, 0) is 43.4 Å². The Bertz CT molecular complexity index is 841. The van der Waals surface area contributed by atoms with Gasteiger partial charge in [0, 0.05) is 6.42 Å². The van der Waals surface area contributed by atoms with E-state index in [0.717, 1.165) is 12.8 Å². The SMILES string of the molecule is CCC(NC(=O)c1c(C)cc(CCCc2ccccc2)oc1=O)C(=O)OC. The first-order chi connectivity index (χ1) is 13.0. The van der Waals surface area contributed by atoms with Crippen molar-refractivity contribution in [2.75, 3.05) is 7.11 Å². The third kappa shape index (κ3) is 5.54. The van der Waals surface area contributed by atoms with Gasteiger partial charge in [-0.25, -0.2) is 9.59 Å². The van der Waals surface area contributed by atoms with Gasteiger partial charge in [0.25, 0.3) is 5.91 Å². The van der Waals surface area contributed by atoms with Gasteiger partial charge in [0.2, 0.25) is 0 Å². The summed E-state index contributed by atoms with van der Waals surface area (Å²) in [6.07, 6.45) is 2.67. The Morgan fingerprint density at radius 2 is 1.89 bits per heavy atom. The smallest absolute Gasteiger partial charge is 0.349 e. The molecule has 1 aromatic heterocycles. The lowest BCUT2D eigenvalue weighted by atomic mass is 10.1. The average Bonchev–Trinajstić information content (AvgIpc) is 2.65. The summed E-state index contributed by atoms with van der Waals surface area (Å²) in [5, 5.41) is 2.53. The van der Waals surface area contributed by atoms with Crippen LogP contribution in [0.2, 0.25) is 0 Å². The van der Waals surface area contributed by atoms with Crippen LogP contribution in [0.4, 0.5) is 0 Å². The topological polar surface area (TPSA) is 85.6 Å². The van der Waals surface area contributed by atoms with Crippen molar-refractivity contribution in [3.8, 4) is 0 Å². The van der Waals surface area contributed by atoms with Crippen LogP contribution >= 0.6 is 0 Å². The highest BCUT2D eigenvalue weighted by molar-refractivity contribution is 5.97. The number of ether oxygens (including phenoxy) is 1. The van der Waals surface area contributed by atoms with E-state index in [2.05, 4.69) is 22.2 Å². The van der Waals surface area contributed by atoms with Crippen LogP contribution in [0.15, 0.2) is 45.6 Å².